The number of halogens is 2. The van der Waals surface area contributed by atoms with Gasteiger partial charge in [-0.25, -0.2) is 0 Å². The molecule has 17 heavy (non-hydrogen) atoms. The number of hydrogen-bond acceptors (Lipinski definition) is 3. The molecule has 1 aromatic carbocycles. The Morgan fingerprint density at radius 1 is 1.24 bits per heavy atom. The Balaban J connectivity index is 2.15. The zero-order chi connectivity index (χ0) is 11.8. The smallest absolute Gasteiger partial charge is 0.165 e. The summed E-state index contributed by atoms with van der Waals surface area (Å²) in [7, 11) is 0. The number of rotatable bonds is 1. The third-order valence-corrected chi connectivity index (χ3v) is 3.98. The highest BCUT2D eigenvalue weighted by Crippen LogP contribution is 2.30. The molecule has 0 radical (unpaired) electrons. The van der Waals surface area contributed by atoms with E-state index in [-0.39, 0.29) is 0 Å². The summed E-state index contributed by atoms with van der Waals surface area (Å²) in [4.78, 5) is 0. The fraction of sp³-hybridized carbons (Fsp3) is 0.273. The van der Waals surface area contributed by atoms with Crippen LogP contribution in [0, 0.1) is 0 Å². The Morgan fingerprint density at radius 2 is 2.12 bits per heavy atom. The van der Waals surface area contributed by atoms with Gasteiger partial charge < -0.3 is 9.88 Å². The molecule has 3 rings (SSSR count). The van der Waals surface area contributed by atoms with Crippen LogP contribution in [0.2, 0.25) is 0 Å². The van der Waals surface area contributed by atoms with Crippen molar-refractivity contribution < 1.29 is 0 Å². The summed E-state index contributed by atoms with van der Waals surface area (Å²) >= 11 is 7.05. The Bertz CT molecular complexity index is 565. The molecule has 0 fully saturated rings. The molecule has 2 aromatic rings. The molecule has 1 aromatic heterocycles. The zero-order valence-corrected chi connectivity index (χ0v) is 12.1. The van der Waals surface area contributed by atoms with Crippen LogP contribution < -0.4 is 5.32 Å². The predicted molar refractivity (Wildman–Crippen MR) is 72.6 cm³/mol. The van der Waals surface area contributed by atoms with E-state index in [1.165, 1.54) is 0 Å². The molecule has 1 aliphatic heterocycles. The van der Waals surface area contributed by atoms with Gasteiger partial charge in [0.15, 0.2) is 5.82 Å². The second kappa shape index (κ2) is 4.51. The van der Waals surface area contributed by atoms with Gasteiger partial charge in [-0.3, -0.25) is 0 Å². The van der Waals surface area contributed by atoms with Gasteiger partial charge in [0, 0.05) is 27.6 Å². The van der Waals surface area contributed by atoms with E-state index in [0.717, 1.165) is 45.8 Å². The first-order chi connectivity index (χ1) is 8.25. The lowest BCUT2D eigenvalue weighted by molar-refractivity contribution is 0.508. The monoisotopic (exact) mass is 356 g/mol. The molecule has 1 aliphatic rings. The minimum absolute atomic E-state index is 0.790. The number of benzene rings is 1. The van der Waals surface area contributed by atoms with Gasteiger partial charge in [0.25, 0.3) is 0 Å². The molecule has 0 aliphatic carbocycles. The molecule has 0 unspecified atom stereocenters. The van der Waals surface area contributed by atoms with Crippen molar-refractivity contribution in [2.45, 2.75) is 13.1 Å². The van der Waals surface area contributed by atoms with E-state index in [0.29, 0.717) is 0 Å². The van der Waals surface area contributed by atoms with Gasteiger partial charge in [0.05, 0.1) is 6.54 Å². The third kappa shape index (κ3) is 2.05. The molecule has 0 amide bonds. The van der Waals surface area contributed by atoms with Gasteiger partial charge >= 0.3 is 0 Å². The number of aromatic nitrogens is 3. The summed E-state index contributed by atoms with van der Waals surface area (Å²) in [5.41, 5.74) is 1.07. The van der Waals surface area contributed by atoms with Crippen molar-refractivity contribution in [2.24, 2.45) is 0 Å². The highest BCUT2D eigenvalue weighted by atomic mass is 79.9. The van der Waals surface area contributed by atoms with E-state index >= 15 is 0 Å². The van der Waals surface area contributed by atoms with Gasteiger partial charge in [0.1, 0.15) is 5.82 Å². The fourth-order valence-electron chi connectivity index (χ4n) is 1.96. The van der Waals surface area contributed by atoms with Crippen LogP contribution in [0.1, 0.15) is 5.82 Å². The van der Waals surface area contributed by atoms with E-state index in [9.17, 15) is 0 Å². The number of hydrogen-bond donors (Lipinski definition) is 1. The van der Waals surface area contributed by atoms with Crippen LogP contribution in [-0.4, -0.2) is 21.3 Å². The lowest BCUT2D eigenvalue weighted by atomic mass is 10.2. The van der Waals surface area contributed by atoms with Gasteiger partial charge in [0.2, 0.25) is 0 Å². The number of fused-ring (bicyclic) bond motifs is 1. The van der Waals surface area contributed by atoms with Crippen molar-refractivity contribution in [3.8, 4) is 11.4 Å². The van der Waals surface area contributed by atoms with E-state index in [2.05, 4.69) is 58.0 Å². The minimum Gasteiger partial charge on any atom is -0.309 e. The molecule has 88 valence electrons. The van der Waals surface area contributed by atoms with Crippen molar-refractivity contribution in [2.75, 3.05) is 6.54 Å². The molecule has 4 nitrogen and oxygen atoms in total. The van der Waals surface area contributed by atoms with E-state index in [4.69, 9.17) is 0 Å². The highest BCUT2D eigenvalue weighted by molar-refractivity contribution is 9.11. The van der Waals surface area contributed by atoms with Crippen molar-refractivity contribution in [3.63, 3.8) is 0 Å². The Kier molecular flexibility index (Phi) is 3.02. The molecule has 0 bridgehead atoms. The maximum absolute atomic E-state index is 4.29. The third-order valence-electron chi connectivity index (χ3n) is 2.79. The lowest BCUT2D eigenvalue weighted by Gasteiger charge is -2.16. The second-order valence-electron chi connectivity index (χ2n) is 3.89. The first-order valence-corrected chi connectivity index (χ1v) is 6.92. The van der Waals surface area contributed by atoms with Crippen LogP contribution in [0.5, 0.6) is 0 Å². The summed E-state index contributed by atoms with van der Waals surface area (Å²) in [5, 5.41) is 11.8. The van der Waals surface area contributed by atoms with Crippen molar-refractivity contribution >= 4 is 31.9 Å². The molecule has 6 heteroatoms. The highest BCUT2D eigenvalue weighted by Gasteiger charge is 2.18. The average molecular weight is 358 g/mol. The van der Waals surface area contributed by atoms with Gasteiger partial charge in [-0.15, -0.1) is 10.2 Å². The van der Waals surface area contributed by atoms with Crippen LogP contribution in [0.25, 0.3) is 11.4 Å². The lowest BCUT2D eigenvalue weighted by Crippen LogP contribution is -2.28. The molecule has 0 spiro atoms. The summed E-state index contributed by atoms with van der Waals surface area (Å²) in [6.07, 6.45) is 0. The summed E-state index contributed by atoms with van der Waals surface area (Å²) < 4.78 is 4.25. The predicted octanol–water partition coefficient (Wildman–Crippen LogP) is 2.57. The summed E-state index contributed by atoms with van der Waals surface area (Å²) in [6, 6.07) is 6.08. The quantitative estimate of drug-likeness (QED) is 0.852. The molecule has 0 saturated carbocycles. The number of nitrogens with zero attached hydrogens (tertiary/aromatic N) is 3. The molecule has 1 N–H and O–H groups in total. The van der Waals surface area contributed by atoms with Crippen LogP contribution in [0.4, 0.5) is 0 Å². The normalized spacial score (nSPS) is 14.7. The Morgan fingerprint density at radius 3 is 3.00 bits per heavy atom. The summed E-state index contributed by atoms with van der Waals surface area (Å²) in [6.45, 7) is 2.67. The maximum atomic E-state index is 4.29. The minimum atomic E-state index is 0.790. The second-order valence-corrected chi connectivity index (χ2v) is 5.66. The molecule has 2 heterocycles. The average Bonchev–Trinajstić information content (AvgIpc) is 2.76. The zero-order valence-electron chi connectivity index (χ0n) is 8.95. The van der Waals surface area contributed by atoms with E-state index in [1.807, 2.05) is 12.1 Å². The Labute approximate surface area is 116 Å². The number of nitrogens with one attached hydrogen (secondary N) is 1. The molecule has 0 saturated heterocycles. The SMILES string of the molecule is Brc1ccc(Br)c(-c2nnc3n2CCNC3)c1. The van der Waals surface area contributed by atoms with E-state index < -0.39 is 0 Å². The van der Waals surface area contributed by atoms with Crippen LogP contribution in [-0.2, 0) is 13.1 Å². The van der Waals surface area contributed by atoms with Gasteiger partial charge in [-0.1, -0.05) is 31.9 Å². The van der Waals surface area contributed by atoms with Gasteiger partial charge in [-0.05, 0) is 18.2 Å². The van der Waals surface area contributed by atoms with Crippen molar-refractivity contribution in [1.29, 1.82) is 0 Å². The van der Waals surface area contributed by atoms with Crippen LogP contribution in [0.15, 0.2) is 27.1 Å². The van der Waals surface area contributed by atoms with Crippen LogP contribution in [0.3, 0.4) is 0 Å². The Hall–Kier alpha value is -0.720. The van der Waals surface area contributed by atoms with Gasteiger partial charge in [-0.2, -0.15) is 0 Å². The largest absolute Gasteiger partial charge is 0.309 e. The molecular formula is C11H10Br2N4. The van der Waals surface area contributed by atoms with Crippen molar-refractivity contribution in [1.82, 2.24) is 20.1 Å². The first kappa shape index (κ1) is 11.4. The van der Waals surface area contributed by atoms with E-state index in [1.54, 1.807) is 0 Å². The van der Waals surface area contributed by atoms with Crippen LogP contribution >= 0.6 is 31.9 Å². The molecular weight excluding hydrogens is 348 g/mol. The first-order valence-electron chi connectivity index (χ1n) is 5.34. The topological polar surface area (TPSA) is 42.7 Å². The fourth-order valence-corrected chi connectivity index (χ4v) is 2.75. The maximum Gasteiger partial charge on any atom is 0.165 e. The standard InChI is InChI=1S/C11H10Br2N4/c12-7-1-2-9(13)8(5-7)11-16-15-10-6-14-3-4-17(10)11/h1-2,5,14H,3-4,6H2. The summed E-state index contributed by atoms with van der Waals surface area (Å²) in [5.74, 6) is 1.92. The van der Waals surface area contributed by atoms with Crippen molar-refractivity contribution in [3.05, 3.63) is 33.0 Å². The molecule has 0 atom stereocenters.